The van der Waals surface area contributed by atoms with Crippen LogP contribution in [0.25, 0.3) is 0 Å². The molecule has 0 radical (unpaired) electrons. The monoisotopic (exact) mass is 286 g/mol. The maximum atomic E-state index is 13.5. The van der Waals surface area contributed by atoms with Gasteiger partial charge in [-0.1, -0.05) is 36.0 Å². The van der Waals surface area contributed by atoms with E-state index in [-0.39, 0.29) is 11.7 Å². The van der Waals surface area contributed by atoms with Crippen LogP contribution in [0.4, 0.5) is 4.39 Å². The van der Waals surface area contributed by atoms with Crippen LogP contribution >= 0.6 is 11.8 Å². The molecule has 2 atom stereocenters. The molecule has 0 aliphatic carbocycles. The van der Waals surface area contributed by atoms with Crippen LogP contribution in [-0.4, -0.2) is 5.11 Å². The van der Waals surface area contributed by atoms with Crippen LogP contribution < -0.4 is 0 Å². The van der Waals surface area contributed by atoms with E-state index in [0.717, 1.165) is 15.4 Å². The molecule has 1 aliphatic rings. The Morgan fingerprint density at radius 2 is 1.90 bits per heavy atom. The van der Waals surface area contributed by atoms with Gasteiger partial charge in [-0.25, -0.2) is 4.39 Å². The highest BCUT2D eigenvalue weighted by Crippen LogP contribution is 2.47. The van der Waals surface area contributed by atoms with E-state index in [1.165, 1.54) is 12.1 Å². The smallest absolute Gasteiger partial charge is 0.123 e. The number of rotatable bonds is 2. The second kappa shape index (κ2) is 5.43. The first kappa shape index (κ1) is 13.4. The van der Waals surface area contributed by atoms with E-state index >= 15 is 0 Å². The SMILES string of the molecule is C=CCC1c2ccccc2Sc2ccc(F)cc2C1O. The molecule has 0 aromatic heterocycles. The van der Waals surface area contributed by atoms with Crippen LogP contribution in [0.1, 0.15) is 29.6 Å². The Morgan fingerprint density at radius 1 is 1.15 bits per heavy atom. The van der Waals surface area contributed by atoms with Gasteiger partial charge < -0.3 is 5.11 Å². The van der Waals surface area contributed by atoms with Crippen LogP contribution in [0.2, 0.25) is 0 Å². The number of halogens is 1. The van der Waals surface area contributed by atoms with Crippen LogP contribution in [-0.2, 0) is 0 Å². The Morgan fingerprint density at radius 3 is 2.70 bits per heavy atom. The van der Waals surface area contributed by atoms with E-state index in [0.29, 0.717) is 12.0 Å². The fourth-order valence-corrected chi connectivity index (χ4v) is 3.82. The second-order valence-electron chi connectivity index (χ2n) is 4.90. The van der Waals surface area contributed by atoms with Gasteiger partial charge in [0, 0.05) is 15.7 Å². The molecule has 1 nitrogen and oxygen atoms in total. The third-order valence-electron chi connectivity index (χ3n) is 3.63. The topological polar surface area (TPSA) is 20.2 Å². The van der Waals surface area contributed by atoms with Gasteiger partial charge in [0.15, 0.2) is 0 Å². The molecular formula is C17H15FOS. The zero-order chi connectivity index (χ0) is 14.1. The second-order valence-corrected chi connectivity index (χ2v) is 5.98. The molecule has 0 amide bonds. The number of allylic oxidation sites excluding steroid dienone is 1. The van der Waals surface area contributed by atoms with Crippen molar-refractivity contribution in [1.29, 1.82) is 0 Å². The van der Waals surface area contributed by atoms with E-state index in [4.69, 9.17) is 0 Å². The van der Waals surface area contributed by atoms with Crippen molar-refractivity contribution < 1.29 is 9.50 Å². The standard InChI is InChI=1S/C17H15FOS/c1-2-5-13-12-6-3-4-7-15(12)20-16-9-8-11(18)10-14(16)17(13)19/h2-4,6-10,13,17,19H,1,5H2. The van der Waals surface area contributed by atoms with Crippen molar-refractivity contribution in [2.45, 2.75) is 28.2 Å². The van der Waals surface area contributed by atoms with Gasteiger partial charge in [-0.15, -0.1) is 6.58 Å². The van der Waals surface area contributed by atoms with Gasteiger partial charge in [-0.3, -0.25) is 0 Å². The average Bonchev–Trinajstić information content (AvgIpc) is 2.57. The molecule has 2 aromatic carbocycles. The van der Waals surface area contributed by atoms with Gasteiger partial charge in [-0.2, -0.15) is 0 Å². The summed E-state index contributed by atoms with van der Waals surface area (Å²) in [4.78, 5) is 2.03. The van der Waals surface area contributed by atoms with Crippen molar-refractivity contribution in [3.63, 3.8) is 0 Å². The van der Waals surface area contributed by atoms with Crippen LogP contribution in [0.5, 0.6) is 0 Å². The number of hydrogen-bond acceptors (Lipinski definition) is 2. The summed E-state index contributed by atoms with van der Waals surface area (Å²) in [5.41, 5.74) is 1.76. The van der Waals surface area contributed by atoms with Crippen molar-refractivity contribution in [2.75, 3.05) is 0 Å². The Hall–Kier alpha value is -1.58. The number of hydrogen-bond donors (Lipinski definition) is 1. The summed E-state index contributed by atoms with van der Waals surface area (Å²) < 4.78 is 13.5. The summed E-state index contributed by atoms with van der Waals surface area (Å²) in [6.07, 6.45) is 1.75. The molecule has 0 saturated carbocycles. The van der Waals surface area contributed by atoms with Crippen molar-refractivity contribution in [2.24, 2.45) is 0 Å². The van der Waals surface area contributed by atoms with E-state index in [9.17, 15) is 9.50 Å². The zero-order valence-corrected chi connectivity index (χ0v) is 11.7. The summed E-state index contributed by atoms with van der Waals surface area (Å²) in [6.45, 7) is 3.77. The Bertz CT molecular complexity index is 653. The molecule has 2 unspecified atom stereocenters. The fourth-order valence-electron chi connectivity index (χ4n) is 2.66. The summed E-state index contributed by atoms with van der Waals surface area (Å²) >= 11 is 1.58. The lowest BCUT2D eigenvalue weighted by molar-refractivity contribution is 0.142. The molecule has 0 spiro atoms. The largest absolute Gasteiger partial charge is 0.388 e. The van der Waals surface area contributed by atoms with Gasteiger partial charge in [0.1, 0.15) is 5.82 Å². The highest BCUT2D eigenvalue weighted by Gasteiger charge is 2.29. The molecule has 0 fully saturated rings. The highest BCUT2D eigenvalue weighted by atomic mass is 32.2. The average molecular weight is 286 g/mol. The summed E-state index contributed by atoms with van der Waals surface area (Å²) in [5, 5.41) is 10.7. The molecule has 3 rings (SSSR count). The third-order valence-corrected chi connectivity index (χ3v) is 4.81. The molecule has 0 bridgehead atoms. The minimum Gasteiger partial charge on any atom is -0.388 e. The van der Waals surface area contributed by atoms with E-state index in [2.05, 4.69) is 6.58 Å². The first-order valence-electron chi connectivity index (χ1n) is 6.56. The molecular weight excluding hydrogens is 271 g/mol. The van der Waals surface area contributed by atoms with E-state index < -0.39 is 6.10 Å². The molecule has 2 aromatic rings. The minimum absolute atomic E-state index is 0.0840. The van der Waals surface area contributed by atoms with Gasteiger partial charge >= 0.3 is 0 Å². The van der Waals surface area contributed by atoms with Crippen molar-refractivity contribution in [3.8, 4) is 0 Å². The molecule has 3 heteroatoms. The number of aliphatic hydroxyl groups is 1. The molecule has 1 aliphatic heterocycles. The number of benzene rings is 2. The van der Waals surface area contributed by atoms with Crippen molar-refractivity contribution in [3.05, 3.63) is 72.1 Å². The lowest BCUT2D eigenvalue weighted by Crippen LogP contribution is -2.10. The number of aliphatic hydroxyl groups excluding tert-OH is 1. The third kappa shape index (κ3) is 2.28. The quantitative estimate of drug-likeness (QED) is 0.809. The molecule has 0 saturated heterocycles. The maximum Gasteiger partial charge on any atom is 0.123 e. The summed E-state index contributed by atoms with van der Waals surface area (Å²) in [6, 6.07) is 12.6. The van der Waals surface area contributed by atoms with Crippen molar-refractivity contribution >= 4 is 11.8 Å². The van der Waals surface area contributed by atoms with Gasteiger partial charge in [-0.05, 0) is 41.8 Å². The Kier molecular flexibility index (Phi) is 3.64. The Labute approximate surface area is 122 Å². The predicted molar refractivity (Wildman–Crippen MR) is 79.5 cm³/mol. The van der Waals surface area contributed by atoms with Gasteiger partial charge in [0.25, 0.3) is 0 Å². The van der Waals surface area contributed by atoms with Gasteiger partial charge in [0.05, 0.1) is 6.10 Å². The summed E-state index contributed by atoms with van der Waals surface area (Å²) in [7, 11) is 0. The normalized spacial score (nSPS) is 20.7. The molecule has 102 valence electrons. The van der Waals surface area contributed by atoms with Crippen LogP contribution in [0.15, 0.2) is 64.9 Å². The fraction of sp³-hybridized carbons (Fsp3) is 0.176. The first-order valence-corrected chi connectivity index (χ1v) is 7.37. The predicted octanol–water partition coefficient (Wildman–Crippen LogP) is 4.68. The zero-order valence-electron chi connectivity index (χ0n) is 10.9. The minimum atomic E-state index is -0.713. The van der Waals surface area contributed by atoms with Crippen LogP contribution in [0, 0.1) is 5.82 Å². The summed E-state index contributed by atoms with van der Waals surface area (Å²) in [5.74, 6) is -0.397. The molecule has 20 heavy (non-hydrogen) atoms. The Balaban J connectivity index is 2.19. The highest BCUT2D eigenvalue weighted by molar-refractivity contribution is 7.99. The maximum absolute atomic E-state index is 13.5. The number of fused-ring (bicyclic) bond motifs is 2. The molecule has 1 heterocycles. The van der Waals surface area contributed by atoms with E-state index in [1.807, 2.05) is 24.3 Å². The molecule has 1 N–H and O–H groups in total. The van der Waals surface area contributed by atoms with E-state index in [1.54, 1.807) is 23.9 Å². The van der Waals surface area contributed by atoms with Crippen molar-refractivity contribution in [1.82, 2.24) is 0 Å². The first-order chi connectivity index (χ1) is 9.70. The lowest BCUT2D eigenvalue weighted by atomic mass is 9.86. The lowest BCUT2D eigenvalue weighted by Gasteiger charge is -2.22. The van der Waals surface area contributed by atoms with Crippen LogP contribution in [0.3, 0.4) is 0 Å². The van der Waals surface area contributed by atoms with Gasteiger partial charge in [0.2, 0.25) is 0 Å².